The molecule has 3 aromatic carbocycles. The van der Waals surface area contributed by atoms with Gasteiger partial charge in [0.15, 0.2) is 0 Å². The first kappa shape index (κ1) is 16.4. The molecule has 3 rings (SSSR count). The molecule has 0 atom stereocenters. The summed E-state index contributed by atoms with van der Waals surface area (Å²) in [5.41, 5.74) is 2.50. The number of thiocarbonyl (C=S) groups is 1. The average Bonchev–Trinajstić information content (AvgIpc) is 2.61. The number of benzene rings is 3. The van der Waals surface area contributed by atoms with Crippen molar-refractivity contribution in [2.45, 2.75) is 13.5 Å². The third-order valence-electron chi connectivity index (χ3n) is 4.07. The Kier molecular flexibility index (Phi) is 5.39. The summed E-state index contributed by atoms with van der Waals surface area (Å²) >= 11 is 5.40. The molecule has 0 aliphatic heterocycles. The van der Waals surface area contributed by atoms with E-state index in [0.717, 1.165) is 18.1 Å². The first-order valence-corrected chi connectivity index (χ1v) is 8.58. The largest absolute Gasteiger partial charge is 0.358 e. The van der Waals surface area contributed by atoms with E-state index in [2.05, 4.69) is 83.8 Å². The van der Waals surface area contributed by atoms with E-state index in [4.69, 9.17) is 12.2 Å². The second kappa shape index (κ2) is 7.89. The molecule has 120 valence electrons. The Morgan fingerprint density at radius 2 is 1.62 bits per heavy atom. The molecule has 1 nitrogen and oxygen atoms in total. The molecule has 24 heavy (non-hydrogen) atoms. The van der Waals surface area contributed by atoms with Gasteiger partial charge >= 0.3 is 0 Å². The normalized spacial score (nSPS) is 11.0. The van der Waals surface area contributed by atoms with E-state index in [1.807, 2.05) is 13.0 Å². The zero-order valence-corrected chi connectivity index (χ0v) is 14.7. The van der Waals surface area contributed by atoms with E-state index in [9.17, 15) is 0 Å². The number of hydrogen-bond donors (Lipinski definition) is 0. The predicted octanol–water partition coefficient (Wildman–Crippen LogP) is 5.70. The molecule has 0 heterocycles. The van der Waals surface area contributed by atoms with Crippen LogP contribution in [-0.4, -0.2) is 16.4 Å². The molecule has 0 aliphatic rings. The Bertz CT molecular complexity index is 852. The fourth-order valence-electron chi connectivity index (χ4n) is 2.74. The van der Waals surface area contributed by atoms with Gasteiger partial charge < -0.3 is 4.90 Å². The van der Waals surface area contributed by atoms with Crippen LogP contribution in [0.3, 0.4) is 0 Å². The van der Waals surface area contributed by atoms with Gasteiger partial charge in [-0.15, -0.1) is 0 Å². The number of fused-ring (bicyclic) bond motifs is 1. The fourth-order valence-corrected chi connectivity index (χ4v) is 2.87. The van der Waals surface area contributed by atoms with Crippen LogP contribution in [0.5, 0.6) is 0 Å². The van der Waals surface area contributed by atoms with Gasteiger partial charge in [-0.25, -0.2) is 0 Å². The maximum absolute atomic E-state index is 5.40. The number of hydrogen-bond acceptors (Lipinski definition) is 1. The van der Waals surface area contributed by atoms with Gasteiger partial charge in [0.05, 0.1) is 4.99 Å². The minimum absolute atomic E-state index is 0.817. The molecule has 3 aromatic rings. The molecule has 0 saturated carbocycles. The summed E-state index contributed by atoms with van der Waals surface area (Å²) < 4.78 is 0. The molecule has 0 fully saturated rings. The lowest BCUT2D eigenvalue weighted by atomic mass is 10.1. The van der Waals surface area contributed by atoms with Gasteiger partial charge in [0.25, 0.3) is 0 Å². The van der Waals surface area contributed by atoms with Crippen molar-refractivity contribution in [1.82, 2.24) is 4.90 Å². The van der Waals surface area contributed by atoms with Gasteiger partial charge in [0, 0.05) is 13.1 Å². The van der Waals surface area contributed by atoms with Gasteiger partial charge in [-0.1, -0.05) is 91.1 Å². The van der Waals surface area contributed by atoms with Crippen molar-refractivity contribution in [1.29, 1.82) is 0 Å². The Labute approximate surface area is 149 Å². The van der Waals surface area contributed by atoms with Gasteiger partial charge in [-0.05, 0) is 34.9 Å². The van der Waals surface area contributed by atoms with Crippen molar-refractivity contribution >= 4 is 34.1 Å². The van der Waals surface area contributed by atoms with Gasteiger partial charge in [-0.2, -0.15) is 0 Å². The van der Waals surface area contributed by atoms with Crippen molar-refractivity contribution in [3.05, 3.63) is 90.0 Å². The smallest absolute Gasteiger partial charge is 0.0753 e. The fraction of sp³-hybridized carbons (Fsp3) is 0.136. The van der Waals surface area contributed by atoms with Crippen molar-refractivity contribution in [3.8, 4) is 0 Å². The van der Waals surface area contributed by atoms with E-state index in [0.29, 0.717) is 0 Å². The summed E-state index contributed by atoms with van der Waals surface area (Å²) in [6.45, 7) is 3.65. The first-order valence-electron chi connectivity index (χ1n) is 8.17. The van der Waals surface area contributed by atoms with Crippen LogP contribution in [-0.2, 0) is 6.54 Å². The van der Waals surface area contributed by atoms with Crippen LogP contribution in [0, 0.1) is 0 Å². The monoisotopic (exact) mass is 331 g/mol. The third-order valence-corrected chi connectivity index (χ3v) is 4.33. The summed E-state index contributed by atoms with van der Waals surface area (Å²) in [7, 11) is 0. The Morgan fingerprint density at radius 1 is 0.917 bits per heavy atom. The zero-order valence-electron chi connectivity index (χ0n) is 13.9. The first-order chi connectivity index (χ1) is 11.7. The van der Waals surface area contributed by atoms with Crippen molar-refractivity contribution in [3.63, 3.8) is 0 Å². The highest BCUT2D eigenvalue weighted by molar-refractivity contribution is 7.80. The molecule has 0 spiro atoms. The quantitative estimate of drug-likeness (QED) is 0.552. The SMILES string of the molecule is CC(=S)N(C/C=C/c1ccc2ccccc2c1)Cc1ccccc1. The van der Waals surface area contributed by atoms with Crippen LogP contribution in [0.25, 0.3) is 16.8 Å². The van der Waals surface area contributed by atoms with Crippen molar-refractivity contribution < 1.29 is 0 Å². The topological polar surface area (TPSA) is 3.24 Å². The summed E-state index contributed by atoms with van der Waals surface area (Å²) in [5.74, 6) is 0. The van der Waals surface area contributed by atoms with Crippen LogP contribution in [0.15, 0.2) is 78.9 Å². The molecule has 2 heteroatoms. The van der Waals surface area contributed by atoms with Crippen molar-refractivity contribution in [2.24, 2.45) is 0 Å². The number of rotatable bonds is 5. The molecule has 0 amide bonds. The Morgan fingerprint density at radius 3 is 2.38 bits per heavy atom. The minimum Gasteiger partial charge on any atom is -0.358 e. The second-order valence-corrected chi connectivity index (χ2v) is 6.48. The third kappa shape index (κ3) is 4.30. The van der Waals surface area contributed by atoms with E-state index in [-0.39, 0.29) is 0 Å². The van der Waals surface area contributed by atoms with E-state index in [1.165, 1.54) is 21.9 Å². The summed E-state index contributed by atoms with van der Waals surface area (Å²) in [4.78, 5) is 3.13. The zero-order chi connectivity index (χ0) is 16.8. The summed E-state index contributed by atoms with van der Waals surface area (Å²) in [6.07, 6.45) is 4.35. The minimum atomic E-state index is 0.817. The van der Waals surface area contributed by atoms with E-state index < -0.39 is 0 Å². The summed E-state index contributed by atoms with van der Waals surface area (Å²) in [6, 6.07) is 25.4. The van der Waals surface area contributed by atoms with Gasteiger partial charge in [0.1, 0.15) is 0 Å². The molecule has 0 radical (unpaired) electrons. The van der Waals surface area contributed by atoms with Crippen LogP contribution in [0.2, 0.25) is 0 Å². The summed E-state index contributed by atoms with van der Waals surface area (Å²) in [5, 5.41) is 2.54. The lowest BCUT2D eigenvalue weighted by Gasteiger charge is -2.21. The molecular formula is C22H21NS. The maximum Gasteiger partial charge on any atom is 0.0753 e. The number of nitrogens with zero attached hydrogens (tertiary/aromatic N) is 1. The highest BCUT2D eigenvalue weighted by Crippen LogP contribution is 2.16. The molecule has 0 unspecified atom stereocenters. The predicted molar refractivity (Wildman–Crippen MR) is 108 cm³/mol. The maximum atomic E-state index is 5.40. The molecule has 0 aliphatic carbocycles. The van der Waals surface area contributed by atoms with Crippen LogP contribution < -0.4 is 0 Å². The Balaban J connectivity index is 1.68. The lowest BCUT2D eigenvalue weighted by Crippen LogP contribution is -2.26. The van der Waals surface area contributed by atoms with Crippen molar-refractivity contribution in [2.75, 3.05) is 6.54 Å². The molecule has 0 aromatic heterocycles. The highest BCUT2D eigenvalue weighted by Gasteiger charge is 2.04. The van der Waals surface area contributed by atoms with Gasteiger partial charge in [-0.3, -0.25) is 0 Å². The van der Waals surface area contributed by atoms with Gasteiger partial charge in [0.2, 0.25) is 0 Å². The highest BCUT2D eigenvalue weighted by atomic mass is 32.1. The second-order valence-electron chi connectivity index (χ2n) is 5.89. The van der Waals surface area contributed by atoms with Crippen LogP contribution in [0.4, 0.5) is 0 Å². The van der Waals surface area contributed by atoms with E-state index >= 15 is 0 Å². The standard InChI is InChI=1S/C22H21NS/c1-18(24)23(17-20-8-3-2-4-9-20)15-7-10-19-13-14-21-11-5-6-12-22(21)16-19/h2-14,16H,15,17H2,1H3/b10-7+. The Hall–Kier alpha value is -2.45. The molecule has 0 bridgehead atoms. The van der Waals surface area contributed by atoms with E-state index in [1.54, 1.807) is 0 Å². The van der Waals surface area contributed by atoms with Crippen LogP contribution in [0.1, 0.15) is 18.1 Å². The average molecular weight is 331 g/mol. The lowest BCUT2D eigenvalue weighted by molar-refractivity contribution is 0.463. The molecule has 0 saturated heterocycles. The molecular weight excluding hydrogens is 310 g/mol. The van der Waals surface area contributed by atoms with Crippen LogP contribution >= 0.6 is 12.2 Å². The molecule has 0 N–H and O–H groups in total.